The van der Waals surface area contributed by atoms with Crippen molar-refractivity contribution in [2.24, 2.45) is 0 Å². The fraction of sp³-hybridized carbons (Fsp3) is 0.261. The molecule has 2 heterocycles. The number of aliphatic hydroxyl groups is 1. The predicted molar refractivity (Wildman–Crippen MR) is 124 cm³/mol. The molecule has 1 unspecified atom stereocenters. The number of fused-ring (bicyclic) bond motifs is 2. The molecule has 0 fully saturated rings. The fourth-order valence-electron chi connectivity index (χ4n) is 3.26. The van der Waals surface area contributed by atoms with Gasteiger partial charge in [-0.3, -0.25) is 14.2 Å². The summed E-state index contributed by atoms with van der Waals surface area (Å²) in [6.07, 6.45) is 3.06. The van der Waals surface area contributed by atoms with Crippen LogP contribution in [0.5, 0.6) is 11.5 Å². The highest BCUT2D eigenvalue weighted by Gasteiger charge is 2.29. The second-order valence-corrected chi connectivity index (χ2v) is 8.95. The molecule has 3 aromatic rings. The maximum Gasteiger partial charge on any atom is 0.333 e. The smallest absolute Gasteiger partial charge is 0.333 e. The van der Waals surface area contributed by atoms with Gasteiger partial charge in [0.15, 0.2) is 21.1 Å². The van der Waals surface area contributed by atoms with E-state index < -0.39 is 12.0 Å². The van der Waals surface area contributed by atoms with Crippen LogP contribution in [0.25, 0.3) is 17.1 Å². The number of halogens is 1. The topological polar surface area (TPSA) is 90.7 Å². The van der Waals surface area contributed by atoms with Crippen molar-refractivity contribution in [3.8, 4) is 11.5 Å². The Morgan fingerprint density at radius 1 is 1.19 bits per heavy atom. The lowest BCUT2D eigenvalue weighted by atomic mass is 10.0. The number of hydrogen-bond donors (Lipinski definition) is 1. The summed E-state index contributed by atoms with van der Waals surface area (Å²) in [4.78, 5) is 28.1. The summed E-state index contributed by atoms with van der Waals surface area (Å²) in [5, 5.41) is 9.77. The first-order chi connectivity index (χ1) is 14.7. The molecule has 0 bridgehead atoms. The second kappa shape index (κ2) is 8.43. The molecule has 7 nitrogen and oxygen atoms in total. The van der Waals surface area contributed by atoms with E-state index in [0.717, 1.165) is 16.6 Å². The molecular formula is C23H21IN2O5. The van der Waals surface area contributed by atoms with Crippen molar-refractivity contribution in [1.29, 1.82) is 0 Å². The van der Waals surface area contributed by atoms with Gasteiger partial charge in [-0.15, -0.1) is 0 Å². The molecule has 1 N–H and O–H groups in total. The number of ketones is 1. The summed E-state index contributed by atoms with van der Waals surface area (Å²) in [5.74, 6) is 1.43. The van der Waals surface area contributed by atoms with Gasteiger partial charge in [0.25, 0.3) is 0 Å². The largest absolute Gasteiger partial charge is 0.433 e. The first-order valence-corrected chi connectivity index (χ1v) is 10.9. The zero-order valence-corrected chi connectivity index (χ0v) is 19.2. The number of para-hydroxylation sites is 2. The molecule has 1 atom stereocenters. The molecule has 8 heteroatoms. The minimum atomic E-state index is -1.42. The molecule has 0 radical (unpaired) electrons. The Labute approximate surface area is 192 Å². The van der Waals surface area contributed by atoms with E-state index in [1.165, 1.54) is 19.9 Å². The predicted octanol–water partition coefficient (Wildman–Crippen LogP) is 4.21. The number of carbonyl (C=O) groups excluding carboxylic acids is 2. The lowest BCUT2D eigenvalue weighted by Gasteiger charge is -2.15. The minimum Gasteiger partial charge on any atom is -0.433 e. The fourth-order valence-corrected chi connectivity index (χ4v) is 3.53. The zero-order valence-electron chi connectivity index (χ0n) is 17.0. The van der Waals surface area contributed by atoms with Gasteiger partial charge in [0.2, 0.25) is 0 Å². The van der Waals surface area contributed by atoms with Crippen molar-refractivity contribution in [2.45, 2.75) is 38.7 Å². The molecule has 0 aliphatic carbocycles. The van der Waals surface area contributed by atoms with Gasteiger partial charge in [0.1, 0.15) is 11.4 Å². The van der Waals surface area contributed by atoms with Crippen molar-refractivity contribution < 1.29 is 24.2 Å². The Hall–Kier alpha value is -2.72. The van der Waals surface area contributed by atoms with Crippen LogP contribution in [0.4, 0.5) is 0 Å². The maximum absolute atomic E-state index is 11.9. The standard InChI is InChI=1S/C23H21IN2O5/c1-23(2,29)19(27)10-8-14-7-9-17-18(13-14)31-22(30-17)26-16-6-4-3-5-15(16)25-21(26)12-11-20(24)28/h3-10,13,22,29H,11-12H2,1-2H3/b10-8+. The number of nitrogens with zero attached hydrogens (tertiary/aromatic N) is 2. The summed E-state index contributed by atoms with van der Waals surface area (Å²) in [5.41, 5.74) is 0.977. The Morgan fingerprint density at radius 2 is 1.94 bits per heavy atom. The monoisotopic (exact) mass is 532 g/mol. The van der Waals surface area contributed by atoms with Crippen LogP contribution in [0.15, 0.2) is 48.5 Å². The highest BCUT2D eigenvalue weighted by Crippen LogP contribution is 2.40. The third-order valence-corrected chi connectivity index (χ3v) is 5.42. The van der Waals surface area contributed by atoms with E-state index in [0.29, 0.717) is 30.2 Å². The van der Waals surface area contributed by atoms with E-state index in [9.17, 15) is 14.7 Å². The average molecular weight is 532 g/mol. The molecule has 1 aliphatic rings. The van der Waals surface area contributed by atoms with Gasteiger partial charge < -0.3 is 14.6 Å². The van der Waals surface area contributed by atoms with Gasteiger partial charge in [0, 0.05) is 12.8 Å². The van der Waals surface area contributed by atoms with Gasteiger partial charge in [0.05, 0.1) is 11.0 Å². The molecule has 1 aromatic heterocycles. The molecule has 0 amide bonds. The number of rotatable bonds is 7. The maximum atomic E-state index is 11.9. The third kappa shape index (κ3) is 4.64. The number of carbonyl (C=O) groups is 2. The highest BCUT2D eigenvalue weighted by atomic mass is 127. The van der Waals surface area contributed by atoms with Gasteiger partial charge in [-0.1, -0.05) is 24.3 Å². The summed E-state index contributed by atoms with van der Waals surface area (Å²) in [7, 11) is 0. The van der Waals surface area contributed by atoms with Crippen LogP contribution in [-0.2, 0) is 16.0 Å². The SMILES string of the molecule is CC(C)(O)C(=O)/C=C/c1ccc2c(c1)OC(n1c(CCC(=O)I)nc3ccccc31)O2. The Kier molecular flexibility index (Phi) is 5.85. The van der Waals surface area contributed by atoms with Gasteiger partial charge in [-0.2, -0.15) is 0 Å². The third-order valence-electron chi connectivity index (χ3n) is 4.88. The summed E-state index contributed by atoms with van der Waals surface area (Å²) in [6.45, 7) is 2.89. The van der Waals surface area contributed by atoms with E-state index in [1.54, 1.807) is 46.9 Å². The lowest BCUT2D eigenvalue weighted by molar-refractivity contribution is -0.128. The van der Waals surface area contributed by atoms with E-state index in [4.69, 9.17) is 9.47 Å². The summed E-state index contributed by atoms with van der Waals surface area (Å²) < 4.78 is 14.0. The van der Waals surface area contributed by atoms with Crippen molar-refractivity contribution in [3.63, 3.8) is 0 Å². The van der Waals surface area contributed by atoms with E-state index in [1.807, 2.05) is 28.8 Å². The quantitative estimate of drug-likeness (QED) is 0.279. The van der Waals surface area contributed by atoms with Gasteiger partial charge in [-0.05, 0) is 72.3 Å². The zero-order chi connectivity index (χ0) is 22.2. The molecule has 0 spiro atoms. The summed E-state index contributed by atoms with van der Waals surface area (Å²) >= 11 is 1.78. The number of benzene rings is 2. The van der Waals surface area contributed by atoms with E-state index >= 15 is 0 Å². The number of ether oxygens (including phenoxy) is 2. The van der Waals surface area contributed by atoms with Crippen LogP contribution in [0.3, 0.4) is 0 Å². The average Bonchev–Trinajstić information content (AvgIpc) is 3.29. The molecule has 4 rings (SSSR count). The van der Waals surface area contributed by atoms with Crippen LogP contribution in [-0.4, -0.2) is 29.8 Å². The molecule has 2 aromatic carbocycles. The molecule has 0 saturated carbocycles. The van der Waals surface area contributed by atoms with Crippen LogP contribution >= 0.6 is 22.6 Å². The Balaban J connectivity index is 1.61. The first-order valence-electron chi connectivity index (χ1n) is 9.79. The first kappa shape index (κ1) is 21.5. The normalized spacial score (nSPS) is 15.7. The van der Waals surface area contributed by atoms with Crippen LogP contribution in [0, 0.1) is 0 Å². The Bertz CT molecular complexity index is 1190. The van der Waals surface area contributed by atoms with E-state index in [2.05, 4.69) is 4.98 Å². The van der Waals surface area contributed by atoms with E-state index in [-0.39, 0.29) is 9.57 Å². The van der Waals surface area contributed by atoms with Crippen molar-refractivity contribution in [2.75, 3.05) is 0 Å². The number of aryl methyl sites for hydroxylation is 1. The highest BCUT2D eigenvalue weighted by molar-refractivity contribution is 14.1. The lowest BCUT2D eigenvalue weighted by Crippen LogP contribution is -2.29. The van der Waals surface area contributed by atoms with Gasteiger partial charge in [-0.25, -0.2) is 4.98 Å². The van der Waals surface area contributed by atoms with Gasteiger partial charge >= 0.3 is 6.41 Å². The number of hydrogen-bond acceptors (Lipinski definition) is 6. The van der Waals surface area contributed by atoms with Crippen molar-refractivity contribution in [1.82, 2.24) is 9.55 Å². The molecule has 160 valence electrons. The molecule has 31 heavy (non-hydrogen) atoms. The Morgan fingerprint density at radius 3 is 2.68 bits per heavy atom. The van der Waals surface area contributed by atoms with Crippen LogP contribution < -0.4 is 9.47 Å². The summed E-state index contributed by atoms with van der Waals surface area (Å²) in [6, 6.07) is 13.0. The molecular weight excluding hydrogens is 511 g/mol. The van der Waals surface area contributed by atoms with Crippen molar-refractivity contribution >= 4 is 49.3 Å². The van der Waals surface area contributed by atoms with Crippen LogP contribution in [0.2, 0.25) is 0 Å². The minimum absolute atomic E-state index is 0.0600. The molecule has 1 aliphatic heterocycles. The van der Waals surface area contributed by atoms with Crippen molar-refractivity contribution in [3.05, 3.63) is 59.9 Å². The second-order valence-electron chi connectivity index (χ2n) is 7.75. The number of aromatic nitrogens is 2. The van der Waals surface area contributed by atoms with Crippen LogP contribution in [0.1, 0.15) is 38.1 Å². The number of imidazole rings is 1. The molecule has 0 saturated heterocycles.